The van der Waals surface area contributed by atoms with Crippen molar-refractivity contribution in [2.75, 3.05) is 0 Å². The van der Waals surface area contributed by atoms with Crippen LogP contribution in [0.3, 0.4) is 0 Å². The van der Waals surface area contributed by atoms with Crippen molar-refractivity contribution in [1.29, 1.82) is 0 Å². The van der Waals surface area contributed by atoms with Gasteiger partial charge in [0.25, 0.3) is 0 Å². The summed E-state index contributed by atoms with van der Waals surface area (Å²) in [5, 5.41) is 2.92. The maximum absolute atomic E-state index is 11.3. The van der Waals surface area contributed by atoms with Gasteiger partial charge in [-0.25, -0.2) is 0 Å². The predicted octanol–water partition coefficient (Wildman–Crippen LogP) is 0.0248. The zero-order chi connectivity index (χ0) is 9.22. The van der Waals surface area contributed by atoms with Crippen molar-refractivity contribution in [3.05, 3.63) is 0 Å². The Hall–Kier alpha value is -0.610. The van der Waals surface area contributed by atoms with Crippen molar-refractivity contribution in [3.8, 4) is 0 Å². The van der Waals surface area contributed by atoms with Crippen LogP contribution in [-0.4, -0.2) is 29.9 Å². The van der Waals surface area contributed by atoms with Gasteiger partial charge in [-0.3, -0.25) is 4.79 Å². The lowest BCUT2D eigenvalue weighted by Gasteiger charge is -2.21. The minimum absolute atomic E-state index is 0.00579. The Balaban J connectivity index is 1.91. The van der Waals surface area contributed by atoms with Crippen molar-refractivity contribution in [2.24, 2.45) is 5.92 Å². The van der Waals surface area contributed by atoms with Gasteiger partial charge < -0.3 is 14.8 Å². The molecule has 0 aromatic heterocycles. The first-order chi connectivity index (χ1) is 6.07. The first-order valence-corrected chi connectivity index (χ1v) is 4.73. The Morgan fingerprint density at radius 3 is 2.85 bits per heavy atom. The predicted molar refractivity (Wildman–Crippen MR) is 43.9 cm³/mol. The molecule has 2 bridgehead atoms. The van der Waals surface area contributed by atoms with Gasteiger partial charge in [0.2, 0.25) is 5.91 Å². The molecule has 0 unspecified atom stereocenters. The Bertz CT molecular complexity index is 276. The fourth-order valence-corrected chi connectivity index (χ4v) is 2.67. The first kappa shape index (κ1) is 7.76. The molecule has 3 aliphatic rings. The van der Waals surface area contributed by atoms with Gasteiger partial charge in [0, 0.05) is 0 Å². The number of carbonyl (C=O) groups is 1. The van der Waals surface area contributed by atoms with Crippen molar-refractivity contribution >= 4 is 5.91 Å². The van der Waals surface area contributed by atoms with Crippen LogP contribution in [0.1, 0.15) is 20.3 Å². The van der Waals surface area contributed by atoms with E-state index in [1.807, 2.05) is 13.8 Å². The molecule has 0 radical (unpaired) electrons. The average molecular weight is 183 g/mol. The fraction of sp³-hybridized carbons (Fsp3) is 0.889. The van der Waals surface area contributed by atoms with Crippen molar-refractivity contribution in [1.82, 2.24) is 5.32 Å². The Morgan fingerprint density at radius 1 is 1.38 bits per heavy atom. The minimum Gasteiger partial charge on any atom is -0.350 e. The fourth-order valence-electron chi connectivity index (χ4n) is 2.67. The molecule has 0 spiro atoms. The molecule has 1 saturated carbocycles. The van der Waals surface area contributed by atoms with E-state index in [2.05, 4.69) is 5.32 Å². The lowest BCUT2D eigenvalue weighted by Crippen LogP contribution is -2.47. The SMILES string of the molecule is CC1(C)O[C@@H]2[C@H](O1)[C@H]1C[C@H]2C(=O)N1. The average Bonchev–Trinajstić information content (AvgIpc) is 2.56. The van der Waals surface area contributed by atoms with Gasteiger partial charge in [-0.05, 0) is 20.3 Å². The molecule has 1 N–H and O–H groups in total. The van der Waals surface area contributed by atoms with Crippen molar-refractivity contribution in [2.45, 2.75) is 44.3 Å². The number of hydrogen-bond acceptors (Lipinski definition) is 3. The zero-order valence-electron chi connectivity index (χ0n) is 7.74. The van der Waals surface area contributed by atoms with Gasteiger partial charge in [0.15, 0.2) is 5.79 Å². The third kappa shape index (κ3) is 0.901. The lowest BCUT2D eigenvalue weighted by atomic mass is 10.0. The van der Waals surface area contributed by atoms with E-state index in [0.29, 0.717) is 0 Å². The molecular weight excluding hydrogens is 170 g/mol. The number of rotatable bonds is 0. The van der Waals surface area contributed by atoms with E-state index in [-0.39, 0.29) is 30.1 Å². The lowest BCUT2D eigenvalue weighted by molar-refractivity contribution is -0.155. The molecule has 0 aromatic rings. The largest absolute Gasteiger partial charge is 0.350 e. The van der Waals surface area contributed by atoms with Crippen LogP contribution in [0.5, 0.6) is 0 Å². The van der Waals surface area contributed by atoms with Crippen LogP contribution in [0.25, 0.3) is 0 Å². The summed E-state index contributed by atoms with van der Waals surface area (Å²) in [6.07, 6.45) is 0.955. The smallest absolute Gasteiger partial charge is 0.226 e. The van der Waals surface area contributed by atoms with Crippen LogP contribution in [0.2, 0.25) is 0 Å². The Labute approximate surface area is 76.6 Å². The molecule has 2 aliphatic heterocycles. The van der Waals surface area contributed by atoms with E-state index >= 15 is 0 Å². The summed E-state index contributed by atoms with van der Waals surface area (Å²) < 4.78 is 11.4. The molecular formula is C9H13NO3. The highest BCUT2D eigenvalue weighted by Gasteiger charge is 2.60. The molecule has 2 saturated heterocycles. The Kier molecular flexibility index (Phi) is 1.23. The number of carbonyl (C=O) groups excluding carboxylic acids is 1. The molecule has 72 valence electrons. The maximum Gasteiger partial charge on any atom is 0.226 e. The van der Waals surface area contributed by atoms with Gasteiger partial charge in [-0.1, -0.05) is 0 Å². The summed E-state index contributed by atoms with van der Waals surface area (Å²) in [5.74, 6) is -0.359. The van der Waals surface area contributed by atoms with E-state index < -0.39 is 5.79 Å². The summed E-state index contributed by atoms with van der Waals surface area (Å²) >= 11 is 0. The van der Waals surface area contributed by atoms with Crippen LogP contribution in [0, 0.1) is 5.92 Å². The summed E-state index contributed by atoms with van der Waals surface area (Å²) in [7, 11) is 0. The van der Waals surface area contributed by atoms with Crippen molar-refractivity contribution < 1.29 is 14.3 Å². The molecule has 4 atom stereocenters. The molecule has 4 nitrogen and oxygen atoms in total. The van der Waals surface area contributed by atoms with E-state index in [1.54, 1.807) is 0 Å². The summed E-state index contributed by atoms with van der Waals surface area (Å²) in [4.78, 5) is 11.3. The maximum atomic E-state index is 11.3. The molecule has 13 heavy (non-hydrogen) atoms. The number of nitrogens with one attached hydrogen (secondary N) is 1. The standard InChI is InChI=1S/C9H13NO3/c1-9(2)12-6-4-3-5(7(6)13-9)10-8(4)11/h4-7H,3H2,1-2H3,(H,10,11)/t4-,5-,6+,7-/m1/s1. The number of ether oxygens (including phenoxy) is 2. The molecule has 1 aliphatic carbocycles. The molecule has 2 heterocycles. The van der Waals surface area contributed by atoms with Crippen LogP contribution < -0.4 is 5.32 Å². The molecule has 3 rings (SSSR count). The number of fused-ring (bicyclic) bond motifs is 5. The van der Waals surface area contributed by atoms with Gasteiger partial charge >= 0.3 is 0 Å². The third-order valence-corrected chi connectivity index (χ3v) is 3.13. The van der Waals surface area contributed by atoms with Crippen LogP contribution in [-0.2, 0) is 14.3 Å². The number of amides is 1. The monoisotopic (exact) mass is 183 g/mol. The molecule has 4 heteroatoms. The number of hydrogen-bond donors (Lipinski definition) is 1. The second-order valence-corrected chi connectivity index (χ2v) is 4.52. The van der Waals surface area contributed by atoms with Gasteiger partial charge in [0.1, 0.15) is 12.2 Å². The highest BCUT2D eigenvalue weighted by atomic mass is 16.8. The van der Waals surface area contributed by atoms with Crippen LogP contribution in [0.15, 0.2) is 0 Å². The normalized spacial score (nSPS) is 50.8. The molecule has 1 amide bonds. The van der Waals surface area contributed by atoms with Gasteiger partial charge in [-0.15, -0.1) is 0 Å². The quantitative estimate of drug-likeness (QED) is 0.576. The van der Waals surface area contributed by atoms with E-state index in [0.717, 1.165) is 6.42 Å². The van der Waals surface area contributed by atoms with Crippen LogP contribution in [0.4, 0.5) is 0 Å². The Morgan fingerprint density at radius 2 is 2.08 bits per heavy atom. The van der Waals surface area contributed by atoms with E-state index in [4.69, 9.17) is 9.47 Å². The van der Waals surface area contributed by atoms with E-state index in [9.17, 15) is 4.79 Å². The minimum atomic E-state index is -0.515. The third-order valence-electron chi connectivity index (χ3n) is 3.13. The molecule has 0 aromatic carbocycles. The van der Waals surface area contributed by atoms with Gasteiger partial charge in [0.05, 0.1) is 12.0 Å². The van der Waals surface area contributed by atoms with Crippen molar-refractivity contribution in [3.63, 3.8) is 0 Å². The summed E-state index contributed by atoms with van der Waals surface area (Å²) in [6, 6.07) is 0.185. The second-order valence-electron chi connectivity index (χ2n) is 4.52. The van der Waals surface area contributed by atoms with Gasteiger partial charge in [-0.2, -0.15) is 0 Å². The zero-order valence-corrected chi connectivity index (χ0v) is 7.74. The first-order valence-electron chi connectivity index (χ1n) is 4.73. The topological polar surface area (TPSA) is 47.6 Å². The van der Waals surface area contributed by atoms with Crippen LogP contribution >= 0.6 is 0 Å². The van der Waals surface area contributed by atoms with E-state index in [1.165, 1.54) is 0 Å². The number of piperidine rings is 1. The highest BCUT2D eigenvalue weighted by molar-refractivity contribution is 5.83. The molecule has 3 fully saturated rings. The summed E-state index contributed by atoms with van der Waals surface area (Å²) in [5.41, 5.74) is 0. The summed E-state index contributed by atoms with van der Waals surface area (Å²) in [6.45, 7) is 3.80. The second kappa shape index (κ2) is 2.07. The highest BCUT2D eigenvalue weighted by Crippen LogP contribution is 2.44.